The van der Waals surface area contributed by atoms with E-state index >= 15 is 0 Å². The number of carbonyl (C=O) groups excluding carboxylic acids is 1. The Morgan fingerprint density at radius 2 is 0.590 bits per heavy atom. The number of hydrogen-bond donors (Lipinski definition) is 26. The Bertz CT molecular complexity index is 2690. The van der Waals surface area contributed by atoms with Crippen molar-refractivity contribution in [1.29, 1.82) is 0 Å². The van der Waals surface area contributed by atoms with Crippen LogP contribution in [-0.4, -0.2) is 412 Å². The lowest BCUT2D eigenvalue weighted by molar-refractivity contribution is -0.294. The minimum absolute atomic E-state index is 0.0398. The molecule has 8 aliphatic heterocycles. The van der Waals surface area contributed by atoms with E-state index in [4.69, 9.17) is 72.9 Å². The van der Waals surface area contributed by atoms with Gasteiger partial charge in [0.15, 0.2) is 12.6 Å². The lowest BCUT2D eigenvalue weighted by Crippen LogP contribution is -2.61. The van der Waals surface area contributed by atoms with Crippen molar-refractivity contribution in [3.8, 4) is 0 Å². The summed E-state index contributed by atoms with van der Waals surface area (Å²) < 4.78 is 67.7. The summed E-state index contributed by atoms with van der Waals surface area (Å²) in [4.78, 5) is 10.9. The fraction of sp³-hybridized carbons (Fsp3) is 0.988. The van der Waals surface area contributed by atoms with Crippen LogP contribution in [0.5, 0.6) is 0 Å². The third kappa shape index (κ3) is 33.7. The molecule has 0 radical (unpaired) electrons. The molecule has 0 aromatic rings. The summed E-state index contributed by atoms with van der Waals surface area (Å²) in [6.45, 7) is 49.4. The number of hydrogen-bond acceptors (Lipinski definition) is 37. The molecule has 122 heavy (non-hydrogen) atoms. The maximum atomic E-state index is 14.3. The maximum absolute atomic E-state index is 14.3. The van der Waals surface area contributed by atoms with Crippen molar-refractivity contribution >= 4 is 5.97 Å². The average Bonchev–Trinajstić information content (AvgIpc) is 0.779. The molecule has 0 aliphatic carbocycles. The molecule has 8 fully saturated rings. The molecule has 0 saturated carbocycles. The Balaban J connectivity index is 0.000000698. The van der Waals surface area contributed by atoms with Crippen LogP contribution in [0.2, 0.25) is 0 Å². The maximum Gasteiger partial charge on any atom is 0.302 e. The van der Waals surface area contributed by atoms with Crippen molar-refractivity contribution in [2.75, 3.05) is 53.4 Å². The van der Waals surface area contributed by atoms with Gasteiger partial charge in [-0.05, 0) is 61.6 Å². The van der Waals surface area contributed by atoms with Gasteiger partial charge in [0.1, 0.15) is 159 Å². The van der Waals surface area contributed by atoms with E-state index in [1.54, 1.807) is 0 Å². The molecule has 8 aliphatic rings. The fourth-order valence-corrected chi connectivity index (χ4v) is 15.1. The first-order valence-corrected chi connectivity index (χ1v) is 42.0. The van der Waals surface area contributed by atoms with Crippen LogP contribution in [0.4, 0.5) is 4.39 Å². The zero-order valence-corrected chi connectivity index (χ0v) is 77.2. The fourth-order valence-electron chi connectivity index (χ4n) is 15.1. The first-order valence-electron chi connectivity index (χ1n) is 42.0. The summed E-state index contributed by atoms with van der Waals surface area (Å²) in [6, 6.07) is 0. The molecule has 37 nitrogen and oxygen atoms in total. The Kier molecular flexibility index (Phi) is 47.3. The highest BCUT2D eigenvalue weighted by Crippen LogP contribution is 2.43. The van der Waals surface area contributed by atoms with Crippen molar-refractivity contribution in [1.82, 2.24) is 0 Å². The van der Waals surface area contributed by atoms with Gasteiger partial charge in [-0.25, -0.2) is 4.39 Å². The summed E-state index contributed by atoms with van der Waals surface area (Å²) in [5, 5.41) is 246. The van der Waals surface area contributed by atoms with E-state index in [0.29, 0.717) is 6.42 Å². The molecule has 0 spiro atoms. The quantitative estimate of drug-likeness (QED) is 0.102. The molecule has 39 atom stereocenters. The summed E-state index contributed by atoms with van der Waals surface area (Å²) >= 11 is 0. The number of rotatable bonds is 9. The largest absolute Gasteiger partial charge is 0.463 e. The molecular weight excluding hydrogens is 1620 g/mol. The van der Waals surface area contributed by atoms with Crippen LogP contribution < -0.4 is 0 Å². The predicted octanol–water partition coefficient (Wildman–Crippen LogP) is -3.06. The monoisotopic (exact) mass is 1790 g/mol. The van der Waals surface area contributed by atoms with Crippen LogP contribution >= 0.6 is 0 Å². The Labute approximate surface area is 720 Å². The minimum Gasteiger partial charge on any atom is -0.463 e. The summed E-state index contributed by atoms with van der Waals surface area (Å²) in [7, 11) is 1.49. The van der Waals surface area contributed by atoms with Gasteiger partial charge in [0.2, 0.25) is 0 Å². The van der Waals surface area contributed by atoms with E-state index < -0.39 is 214 Å². The molecule has 8 rings (SSSR count). The van der Waals surface area contributed by atoms with E-state index in [-0.39, 0.29) is 119 Å². The van der Waals surface area contributed by atoms with Crippen molar-refractivity contribution in [3.05, 3.63) is 0 Å². The molecule has 0 amide bonds. The standard InChI is InChI=1S/C14H25FO3.C11H22O5.5C10H20O5.C9H18O4/c1-8-9(2)12(15)13(14(4,5)6)18-11(8)7-17-10(3)16;1-11(2,3)7-9(14)8(13)6(5-12)16-10(7)15-4;4*1-10(2,3)9-8(14)7(13)6(12)5(4-11)15-9;1-10(2,3)4-5-6(11)7(12)8(13)9(14)15-5;1-9(2,3)8-7(12)6(11)5(10)4-13-8/h8-9,11-13H,7H2,1-6H3;6-10,12-14H,5H2,1-4H3;5*5-9,11-14H,4H2,1-3H3;5-8,10-12H,4H2,1-3H3/t8-,9-,11?,12?,13+;6?,7?,8-,9-,10+;5?,6-,7+,8?,9+;5?,6-,7+,8?,9-;5?,6-,7-,8?,9+;5?,6-,7-,8?,9-;5?,6-,7+,8?,9?;5-,6+,7?,8?/m01110011/s1. The first-order chi connectivity index (χ1) is 55.2. The van der Waals surface area contributed by atoms with Gasteiger partial charge in [0, 0.05) is 20.0 Å². The number of carbonyl (C=O) groups is 1. The molecule has 0 aromatic heterocycles. The van der Waals surface area contributed by atoms with Crippen LogP contribution in [0.3, 0.4) is 0 Å². The van der Waals surface area contributed by atoms with E-state index in [0.717, 1.165) is 0 Å². The molecule has 730 valence electrons. The lowest BCUT2D eigenvalue weighted by atomic mass is 9.73. The first kappa shape index (κ1) is 118. The average molecular weight is 1790 g/mol. The second kappa shape index (κ2) is 48.9. The highest BCUT2D eigenvalue weighted by atomic mass is 19.1. The number of aliphatic hydroxyl groups is 26. The van der Waals surface area contributed by atoms with Crippen molar-refractivity contribution in [2.45, 2.75) is 414 Å². The van der Waals surface area contributed by atoms with Gasteiger partial charge in [-0.3, -0.25) is 4.79 Å². The minimum atomic E-state index is -1.45. The molecule has 17 unspecified atom stereocenters. The van der Waals surface area contributed by atoms with E-state index in [1.807, 2.05) is 180 Å². The third-order valence-corrected chi connectivity index (χ3v) is 22.8. The smallest absolute Gasteiger partial charge is 0.302 e. The zero-order chi connectivity index (χ0) is 95.8. The number of alkyl halides is 1. The van der Waals surface area contributed by atoms with E-state index in [1.165, 1.54) is 14.0 Å². The van der Waals surface area contributed by atoms with E-state index in [2.05, 4.69) is 0 Å². The number of ether oxygens (including phenoxy) is 10. The Hall–Kier alpha value is -2.00. The highest BCUT2D eigenvalue weighted by molar-refractivity contribution is 5.65. The van der Waals surface area contributed by atoms with Crippen LogP contribution in [0, 0.1) is 61.1 Å². The third-order valence-electron chi connectivity index (χ3n) is 22.8. The van der Waals surface area contributed by atoms with Gasteiger partial charge in [-0.2, -0.15) is 0 Å². The van der Waals surface area contributed by atoms with Gasteiger partial charge in [-0.1, -0.05) is 180 Å². The van der Waals surface area contributed by atoms with Crippen molar-refractivity contribution in [3.63, 3.8) is 0 Å². The highest BCUT2D eigenvalue weighted by Gasteiger charge is 2.55. The zero-order valence-electron chi connectivity index (χ0n) is 77.2. The molecule has 38 heteroatoms. The number of esters is 1. The predicted molar refractivity (Wildman–Crippen MR) is 439 cm³/mol. The van der Waals surface area contributed by atoms with Gasteiger partial charge in [-0.15, -0.1) is 0 Å². The Morgan fingerprint density at radius 1 is 0.320 bits per heavy atom. The van der Waals surface area contributed by atoms with Crippen LogP contribution in [0.15, 0.2) is 0 Å². The van der Waals surface area contributed by atoms with Crippen LogP contribution in [-0.2, 0) is 52.2 Å². The lowest BCUT2D eigenvalue weighted by Gasteiger charge is -2.47. The second-order valence-electron chi connectivity index (χ2n) is 42.2. The Morgan fingerprint density at radius 3 is 0.861 bits per heavy atom. The van der Waals surface area contributed by atoms with Gasteiger partial charge in [0.05, 0.1) is 94.6 Å². The van der Waals surface area contributed by atoms with Crippen LogP contribution in [0.1, 0.15) is 193 Å². The summed E-state index contributed by atoms with van der Waals surface area (Å²) in [6.07, 6.45) is -34.6. The second-order valence-corrected chi connectivity index (χ2v) is 42.2. The van der Waals surface area contributed by atoms with Crippen molar-refractivity contribution < 1.29 is 189 Å². The van der Waals surface area contributed by atoms with Gasteiger partial charge >= 0.3 is 5.97 Å². The molecule has 8 saturated heterocycles. The number of halogens is 1. The molecule has 0 aromatic carbocycles. The van der Waals surface area contributed by atoms with E-state index in [9.17, 15) is 116 Å². The van der Waals surface area contributed by atoms with Crippen molar-refractivity contribution in [2.24, 2.45) is 61.1 Å². The number of methoxy groups -OCH3 is 1. The molecule has 26 N–H and O–H groups in total. The summed E-state index contributed by atoms with van der Waals surface area (Å²) in [5.74, 6) is -0.718. The topological polar surface area (TPSA) is 635 Å². The normalized spacial score (nSPS) is 41.8. The SMILES string of the molecule is CC(=O)OCC1O[C@@H](C(C)(C)C)C(F)[C@@H](C)[C@@H]1C.CC(C)(C)C1OC[C@@H](O)[C@H](O)C1O.CC(C)(C)CC1OC(O)C(O)[C@@H](O)[C@@H]1O.CC(C)(C)[C@@H]1OC(CO)[C@@H](O)[C@H](O)C1O.CC(C)(C)[C@@H]1OC(CO)[C@H](O)[C@H](O)C1O.CC(C)(C)[C@H]1OC(CO)[C@@H](O)[C@H](O)C1O.CC(C)(C)[C@H]1OC(CO)[C@H](O)[C@H](O)C1O.CO[C@H]1OC(CO)[C@@H](O)[C@H](O)C1C(C)(C)C. The summed E-state index contributed by atoms with van der Waals surface area (Å²) in [5.41, 5.74) is -2.32. The number of aliphatic hydroxyl groups excluding tert-OH is 26. The molecule has 8 heterocycles. The van der Waals surface area contributed by atoms with Crippen LogP contribution in [0.25, 0.3) is 0 Å². The van der Waals surface area contributed by atoms with Gasteiger partial charge < -0.3 is 180 Å². The molecular formula is C84H165FO37. The van der Waals surface area contributed by atoms with Gasteiger partial charge in [0.25, 0.3) is 0 Å². The molecule has 0 bridgehead atoms.